The van der Waals surface area contributed by atoms with Gasteiger partial charge in [0, 0.05) is 0 Å². The number of benzene rings is 2. The highest BCUT2D eigenvalue weighted by molar-refractivity contribution is 9.10. The first-order valence-corrected chi connectivity index (χ1v) is 11.6. The first-order chi connectivity index (χ1) is 15.1. The van der Waals surface area contributed by atoms with Crippen molar-refractivity contribution in [2.75, 3.05) is 0 Å². The summed E-state index contributed by atoms with van der Waals surface area (Å²) in [6.07, 6.45) is 0. The van der Waals surface area contributed by atoms with Gasteiger partial charge in [-0.25, -0.2) is 0 Å². The van der Waals surface area contributed by atoms with Crippen molar-refractivity contribution in [3.05, 3.63) is 117 Å². The number of carbonyl (C=O) groups excluding carboxylic acids is 1. The fourth-order valence-corrected chi connectivity index (χ4v) is 5.06. The number of Topliss-reactive ketones (excluding diaryl/α,β-unsaturated/α-hetero) is 1. The molecule has 1 fully saturated rings. The van der Waals surface area contributed by atoms with Gasteiger partial charge in [0.15, 0.2) is 15.1 Å². The standard InChI is InChI=1S/C25H19Br2NO3/c26-19-13-11-17(30-19)23-21(15-7-3-1-4-8-15)25(29)22(16-9-5-2-6-10-16)24(28-23)18-12-14-20(27)31-18/h1-14,21-24,28H/t21-,22+,23+,24-. The minimum absolute atomic E-state index is 0.131. The van der Waals surface area contributed by atoms with E-state index in [4.69, 9.17) is 8.83 Å². The number of rotatable bonds is 4. The van der Waals surface area contributed by atoms with Crippen LogP contribution < -0.4 is 5.32 Å². The Morgan fingerprint density at radius 3 is 1.39 bits per heavy atom. The van der Waals surface area contributed by atoms with Gasteiger partial charge in [-0.3, -0.25) is 10.1 Å². The van der Waals surface area contributed by atoms with Gasteiger partial charge in [0.2, 0.25) is 0 Å². The SMILES string of the molecule is O=C1[C@H](c2ccccc2)[C@H](c2ccc(Br)o2)N[C@H](c2ccc(Br)o2)[C@@H]1c1ccccc1. The number of furan rings is 2. The van der Waals surface area contributed by atoms with Crippen molar-refractivity contribution in [2.24, 2.45) is 0 Å². The van der Waals surface area contributed by atoms with Crippen molar-refractivity contribution in [3.63, 3.8) is 0 Å². The third-order valence-electron chi connectivity index (χ3n) is 5.76. The molecule has 1 aliphatic rings. The quantitative estimate of drug-likeness (QED) is 0.305. The average molecular weight is 541 g/mol. The van der Waals surface area contributed by atoms with Gasteiger partial charge in [-0.15, -0.1) is 0 Å². The van der Waals surface area contributed by atoms with E-state index in [0.717, 1.165) is 11.1 Å². The molecule has 0 spiro atoms. The summed E-state index contributed by atoms with van der Waals surface area (Å²) in [6, 6.07) is 26.6. The Morgan fingerprint density at radius 2 is 1.03 bits per heavy atom. The van der Waals surface area contributed by atoms with Gasteiger partial charge >= 0.3 is 0 Å². The molecule has 4 nitrogen and oxygen atoms in total. The van der Waals surface area contributed by atoms with E-state index in [1.54, 1.807) is 0 Å². The van der Waals surface area contributed by atoms with Crippen LogP contribution in [0.5, 0.6) is 0 Å². The molecule has 0 radical (unpaired) electrons. The van der Waals surface area contributed by atoms with Crippen LogP contribution >= 0.6 is 31.9 Å². The van der Waals surface area contributed by atoms with Crippen molar-refractivity contribution >= 4 is 37.6 Å². The highest BCUT2D eigenvalue weighted by Gasteiger charge is 2.48. The van der Waals surface area contributed by atoms with Gasteiger partial charge in [-0.1, -0.05) is 60.7 Å². The zero-order valence-corrected chi connectivity index (χ0v) is 19.5. The van der Waals surface area contributed by atoms with E-state index in [1.165, 1.54) is 0 Å². The Hall–Kier alpha value is -2.41. The lowest BCUT2D eigenvalue weighted by atomic mass is 9.71. The Kier molecular flexibility index (Phi) is 5.69. The molecule has 6 heteroatoms. The fourth-order valence-electron chi connectivity index (χ4n) is 4.43. The molecule has 2 aromatic carbocycles. The summed E-state index contributed by atoms with van der Waals surface area (Å²) in [5.74, 6) is 0.733. The molecule has 0 amide bonds. The van der Waals surface area contributed by atoms with Crippen LogP contribution in [0.25, 0.3) is 0 Å². The number of carbonyl (C=O) groups is 1. The van der Waals surface area contributed by atoms with Crippen LogP contribution in [0.2, 0.25) is 0 Å². The summed E-state index contributed by atoms with van der Waals surface area (Å²) >= 11 is 6.80. The molecule has 3 heterocycles. The predicted molar refractivity (Wildman–Crippen MR) is 125 cm³/mol. The molecule has 4 aromatic rings. The van der Waals surface area contributed by atoms with E-state index in [1.807, 2.05) is 84.9 Å². The second kappa shape index (κ2) is 8.61. The van der Waals surface area contributed by atoms with Crippen molar-refractivity contribution in [2.45, 2.75) is 23.9 Å². The highest BCUT2D eigenvalue weighted by Crippen LogP contribution is 2.48. The molecule has 156 valence electrons. The van der Waals surface area contributed by atoms with E-state index in [9.17, 15) is 4.79 Å². The van der Waals surface area contributed by atoms with Crippen LogP contribution in [0.15, 0.2) is 103 Å². The maximum atomic E-state index is 14.2. The molecule has 4 atom stereocenters. The molecule has 0 bridgehead atoms. The normalized spacial score (nSPS) is 23.7. The molecular formula is C25H19Br2NO3. The average Bonchev–Trinajstić information content (AvgIpc) is 3.42. The van der Waals surface area contributed by atoms with Crippen LogP contribution in [0.1, 0.15) is 46.6 Å². The Bertz CT molecular complexity index is 1090. The lowest BCUT2D eigenvalue weighted by molar-refractivity contribution is -0.126. The number of ketones is 1. The number of piperidine rings is 1. The topological polar surface area (TPSA) is 55.4 Å². The summed E-state index contributed by atoms with van der Waals surface area (Å²) in [7, 11) is 0. The molecule has 1 aliphatic heterocycles. The Balaban J connectivity index is 1.66. The third-order valence-corrected chi connectivity index (χ3v) is 6.61. The molecule has 0 unspecified atom stereocenters. The van der Waals surface area contributed by atoms with E-state index in [2.05, 4.69) is 37.2 Å². The van der Waals surface area contributed by atoms with E-state index < -0.39 is 11.8 Å². The van der Waals surface area contributed by atoms with Gasteiger partial charge in [0.1, 0.15) is 11.5 Å². The smallest absolute Gasteiger partial charge is 0.169 e. The number of hydrogen-bond acceptors (Lipinski definition) is 4. The van der Waals surface area contributed by atoms with Gasteiger partial charge in [0.05, 0.1) is 23.9 Å². The zero-order chi connectivity index (χ0) is 21.4. The van der Waals surface area contributed by atoms with Gasteiger partial charge in [-0.05, 0) is 67.3 Å². The van der Waals surface area contributed by atoms with Crippen molar-refractivity contribution in [1.29, 1.82) is 0 Å². The molecular weight excluding hydrogens is 522 g/mol. The predicted octanol–water partition coefficient (Wildman–Crippen LogP) is 6.92. The second-order valence-electron chi connectivity index (χ2n) is 7.58. The summed E-state index contributed by atoms with van der Waals surface area (Å²) in [5, 5.41) is 3.69. The minimum Gasteiger partial charge on any atom is -0.453 e. The fraction of sp³-hybridized carbons (Fsp3) is 0.160. The molecule has 0 saturated carbocycles. The van der Waals surface area contributed by atoms with Gasteiger partial charge < -0.3 is 8.83 Å². The number of nitrogens with one attached hydrogen (secondary N) is 1. The maximum Gasteiger partial charge on any atom is 0.169 e. The largest absolute Gasteiger partial charge is 0.453 e. The second-order valence-corrected chi connectivity index (χ2v) is 9.15. The first kappa shape index (κ1) is 20.5. The first-order valence-electron chi connectivity index (χ1n) is 10.0. The van der Waals surface area contributed by atoms with Gasteiger partial charge in [0.25, 0.3) is 0 Å². The summed E-state index contributed by atoms with van der Waals surface area (Å²) in [5.41, 5.74) is 1.91. The van der Waals surface area contributed by atoms with E-state index in [-0.39, 0.29) is 17.9 Å². The van der Waals surface area contributed by atoms with Crippen molar-refractivity contribution in [3.8, 4) is 0 Å². The maximum absolute atomic E-state index is 14.2. The van der Waals surface area contributed by atoms with Crippen molar-refractivity contribution in [1.82, 2.24) is 5.32 Å². The van der Waals surface area contributed by atoms with Gasteiger partial charge in [-0.2, -0.15) is 0 Å². The summed E-state index contributed by atoms with van der Waals surface area (Å²) < 4.78 is 13.1. The van der Waals surface area contributed by atoms with E-state index in [0.29, 0.717) is 20.9 Å². The van der Waals surface area contributed by atoms with Crippen LogP contribution in [0, 0.1) is 0 Å². The Morgan fingerprint density at radius 1 is 0.613 bits per heavy atom. The monoisotopic (exact) mass is 539 g/mol. The number of halogens is 2. The molecule has 2 aromatic heterocycles. The van der Waals surface area contributed by atoms with Crippen LogP contribution in [0.3, 0.4) is 0 Å². The lowest BCUT2D eigenvalue weighted by Gasteiger charge is -2.40. The summed E-state index contributed by atoms with van der Waals surface area (Å²) in [6.45, 7) is 0. The van der Waals surface area contributed by atoms with E-state index >= 15 is 0 Å². The molecule has 5 rings (SSSR count). The molecule has 0 aliphatic carbocycles. The van der Waals surface area contributed by atoms with Crippen LogP contribution in [-0.2, 0) is 4.79 Å². The van der Waals surface area contributed by atoms with Crippen LogP contribution in [-0.4, -0.2) is 5.78 Å². The van der Waals surface area contributed by atoms with Crippen molar-refractivity contribution < 1.29 is 13.6 Å². The highest BCUT2D eigenvalue weighted by atomic mass is 79.9. The lowest BCUT2D eigenvalue weighted by Crippen LogP contribution is -2.46. The molecule has 31 heavy (non-hydrogen) atoms. The number of hydrogen-bond donors (Lipinski definition) is 1. The third kappa shape index (κ3) is 3.95. The molecule has 1 N–H and O–H groups in total. The minimum atomic E-state index is -0.404. The zero-order valence-electron chi connectivity index (χ0n) is 16.4. The molecule has 1 saturated heterocycles. The van der Waals surface area contributed by atoms with Crippen LogP contribution in [0.4, 0.5) is 0 Å². The summed E-state index contributed by atoms with van der Waals surface area (Å²) in [4.78, 5) is 14.2. The Labute approximate surface area is 196 Å².